The van der Waals surface area contributed by atoms with Crippen LogP contribution < -0.4 is 25.1 Å². The lowest BCUT2D eigenvalue weighted by atomic mass is 10.2. The van der Waals surface area contributed by atoms with Crippen LogP contribution in [0.1, 0.15) is 27.6 Å². The third-order valence-corrected chi connectivity index (χ3v) is 3.65. The van der Waals surface area contributed by atoms with Crippen molar-refractivity contribution in [2.24, 2.45) is 0 Å². The van der Waals surface area contributed by atoms with Gasteiger partial charge in [-0.25, -0.2) is 0 Å². The van der Waals surface area contributed by atoms with Gasteiger partial charge < -0.3 is 14.2 Å². The second kappa shape index (κ2) is 9.75. The zero-order valence-corrected chi connectivity index (χ0v) is 15.7. The van der Waals surface area contributed by atoms with Crippen LogP contribution in [-0.4, -0.2) is 32.1 Å². The van der Waals surface area contributed by atoms with Crippen molar-refractivity contribution in [3.05, 3.63) is 52.5 Å². The maximum atomic E-state index is 12.4. The summed E-state index contributed by atoms with van der Waals surface area (Å²) < 4.78 is 39.5. The number of hydrogen-bond acceptors (Lipinski definition) is 5. The average Bonchev–Trinajstić information content (AvgIpc) is 2.67. The Kier molecular flexibility index (Phi) is 7.39. The van der Waals surface area contributed by atoms with E-state index >= 15 is 0 Å². The van der Waals surface area contributed by atoms with Gasteiger partial charge in [-0.1, -0.05) is 11.6 Å². The number of ether oxygens (including phenoxy) is 3. The lowest BCUT2D eigenvalue weighted by molar-refractivity contribution is -0.0514. The summed E-state index contributed by atoms with van der Waals surface area (Å²) in [4.78, 5) is 24.5. The second-order valence-electron chi connectivity index (χ2n) is 5.23. The molecule has 2 amide bonds. The van der Waals surface area contributed by atoms with Crippen LogP contribution in [-0.2, 0) is 0 Å². The average molecular weight is 415 g/mol. The molecule has 0 aliphatic carbocycles. The first-order valence-electron chi connectivity index (χ1n) is 8.01. The van der Waals surface area contributed by atoms with Crippen molar-refractivity contribution in [2.75, 3.05) is 13.7 Å². The zero-order valence-electron chi connectivity index (χ0n) is 14.9. The van der Waals surface area contributed by atoms with Gasteiger partial charge in [-0.05, 0) is 43.3 Å². The fraction of sp³-hybridized carbons (Fsp3) is 0.222. The van der Waals surface area contributed by atoms with Gasteiger partial charge in [0, 0.05) is 10.6 Å². The van der Waals surface area contributed by atoms with Crippen LogP contribution in [0, 0.1) is 0 Å². The molecule has 0 unspecified atom stereocenters. The minimum atomic E-state index is -3.04. The molecule has 0 saturated heterocycles. The van der Waals surface area contributed by atoms with Crippen LogP contribution in [0.25, 0.3) is 0 Å². The number of nitrogens with one attached hydrogen (secondary N) is 2. The first-order chi connectivity index (χ1) is 13.3. The monoisotopic (exact) mass is 414 g/mol. The lowest BCUT2D eigenvalue weighted by Gasteiger charge is -2.13. The van der Waals surface area contributed by atoms with Crippen molar-refractivity contribution in [1.82, 2.24) is 10.9 Å². The number of rotatable bonds is 7. The Balaban J connectivity index is 2.11. The SMILES string of the molecule is CCOc1cc(C(=O)NNC(=O)c2cc(Cl)ccc2OC)ccc1OC(F)F. The van der Waals surface area contributed by atoms with Gasteiger partial charge in [-0.2, -0.15) is 8.78 Å². The molecule has 0 heterocycles. The third kappa shape index (κ3) is 5.46. The minimum absolute atomic E-state index is 0.0294. The fourth-order valence-corrected chi connectivity index (χ4v) is 2.39. The molecule has 0 saturated carbocycles. The summed E-state index contributed by atoms with van der Waals surface area (Å²) in [7, 11) is 1.39. The van der Waals surface area contributed by atoms with Crippen molar-refractivity contribution in [3.63, 3.8) is 0 Å². The lowest BCUT2D eigenvalue weighted by Crippen LogP contribution is -2.41. The number of methoxy groups -OCH3 is 1. The molecule has 0 radical (unpaired) electrons. The first kappa shape index (κ1) is 21.2. The van der Waals surface area contributed by atoms with Crippen LogP contribution in [0.2, 0.25) is 5.02 Å². The van der Waals surface area contributed by atoms with Crippen molar-refractivity contribution < 1.29 is 32.6 Å². The van der Waals surface area contributed by atoms with E-state index in [1.807, 2.05) is 0 Å². The fourth-order valence-electron chi connectivity index (χ4n) is 2.22. The topological polar surface area (TPSA) is 85.9 Å². The van der Waals surface area contributed by atoms with E-state index in [2.05, 4.69) is 15.6 Å². The summed E-state index contributed by atoms with van der Waals surface area (Å²) in [6.07, 6.45) is 0. The van der Waals surface area contributed by atoms with Gasteiger partial charge in [0.15, 0.2) is 11.5 Å². The molecule has 10 heteroatoms. The predicted octanol–water partition coefficient (Wildman–Crippen LogP) is 3.42. The van der Waals surface area contributed by atoms with Gasteiger partial charge >= 0.3 is 6.61 Å². The predicted molar refractivity (Wildman–Crippen MR) is 97.2 cm³/mol. The summed E-state index contributed by atoms with van der Waals surface area (Å²) in [5, 5.41) is 0.313. The van der Waals surface area contributed by atoms with E-state index < -0.39 is 18.4 Å². The maximum absolute atomic E-state index is 12.4. The van der Waals surface area contributed by atoms with Crippen LogP contribution in [0.5, 0.6) is 17.2 Å². The molecular formula is C18H17ClF2N2O5. The molecule has 0 atom stereocenters. The molecule has 7 nitrogen and oxygen atoms in total. The molecule has 2 N–H and O–H groups in total. The number of hydrazine groups is 1. The number of carbonyl (C=O) groups is 2. The largest absolute Gasteiger partial charge is 0.496 e. The van der Waals surface area contributed by atoms with Crippen LogP contribution in [0.15, 0.2) is 36.4 Å². The Morgan fingerprint density at radius 2 is 1.71 bits per heavy atom. The third-order valence-electron chi connectivity index (χ3n) is 3.42. The van der Waals surface area contributed by atoms with E-state index in [4.69, 9.17) is 21.1 Å². The smallest absolute Gasteiger partial charge is 0.387 e. The number of alkyl halides is 2. The highest BCUT2D eigenvalue weighted by Gasteiger charge is 2.17. The summed E-state index contributed by atoms with van der Waals surface area (Å²) in [6, 6.07) is 8.09. The normalized spacial score (nSPS) is 10.4. The quantitative estimate of drug-likeness (QED) is 0.678. The van der Waals surface area contributed by atoms with Gasteiger partial charge in [0.25, 0.3) is 11.8 Å². The van der Waals surface area contributed by atoms with E-state index in [-0.39, 0.29) is 35.0 Å². The number of benzene rings is 2. The van der Waals surface area contributed by atoms with Crippen molar-refractivity contribution in [1.29, 1.82) is 0 Å². The molecule has 2 aromatic rings. The minimum Gasteiger partial charge on any atom is -0.496 e. The van der Waals surface area contributed by atoms with E-state index in [0.29, 0.717) is 5.02 Å². The van der Waals surface area contributed by atoms with E-state index in [9.17, 15) is 18.4 Å². The van der Waals surface area contributed by atoms with Gasteiger partial charge in [-0.3, -0.25) is 20.4 Å². The Bertz CT molecular complexity index is 864. The highest BCUT2D eigenvalue weighted by atomic mass is 35.5. The maximum Gasteiger partial charge on any atom is 0.387 e. The molecule has 0 spiro atoms. The molecule has 0 aromatic heterocycles. The number of amides is 2. The molecule has 2 aromatic carbocycles. The summed E-state index contributed by atoms with van der Waals surface area (Å²) >= 11 is 5.87. The van der Waals surface area contributed by atoms with E-state index in [1.54, 1.807) is 13.0 Å². The van der Waals surface area contributed by atoms with Crippen LogP contribution in [0.4, 0.5) is 8.78 Å². The Morgan fingerprint density at radius 1 is 1.04 bits per heavy atom. The number of hydrogen-bond donors (Lipinski definition) is 2. The Labute approximate surface area is 164 Å². The molecular weight excluding hydrogens is 398 g/mol. The molecule has 0 aliphatic heterocycles. The molecule has 0 aliphatic rings. The summed E-state index contributed by atoms with van der Waals surface area (Å²) in [6.45, 7) is -1.21. The van der Waals surface area contributed by atoms with E-state index in [0.717, 1.165) is 0 Å². The van der Waals surface area contributed by atoms with Crippen LogP contribution in [0.3, 0.4) is 0 Å². The number of halogens is 3. The van der Waals surface area contributed by atoms with Crippen molar-refractivity contribution in [3.8, 4) is 17.2 Å². The highest BCUT2D eigenvalue weighted by molar-refractivity contribution is 6.31. The van der Waals surface area contributed by atoms with Crippen LogP contribution >= 0.6 is 11.6 Å². The Morgan fingerprint density at radius 3 is 2.36 bits per heavy atom. The standard InChI is InChI=1S/C18H17ClF2N2O5/c1-3-27-15-8-10(4-6-14(15)28-18(20)21)16(24)22-23-17(25)12-9-11(19)5-7-13(12)26-2/h4-9,18H,3H2,1-2H3,(H,22,24)(H,23,25). The Hall–Kier alpha value is -3.07. The molecule has 28 heavy (non-hydrogen) atoms. The molecule has 0 fully saturated rings. The first-order valence-corrected chi connectivity index (χ1v) is 8.39. The summed E-state index contributed by atoms with van der Waals surface area (Å²) in [5.41, 5.74) is 4.62. The zero-order chi connectivity index (χ0) is 20.7. The molecule has 150 valence electrons. The molecule has 2 rings (SSSR count). The second-order valence-corrected chi connectivity index (χ2v) is 5.66. The van der Waals surface area contributed by atoms with Gasteiger partial charge in [0.1, 0.15) is 5.75 Å². The summed E-state index contributed by atoms with van der Waals surface area (Å²) in [5.74, 6) is -1.32. The highest BCUT2D eigenvalue weighted by Crippen LogP contribution is 2.30. The van der Waals surface area contributed by atoms with Gasteiger partial charge in [0.2, 0.25) is 0 Å². The number of carbonyl (C=O) groups excluding carboxylic acids is 2. The van der Waals surface area contributed by atoms with Crippen molar-refractivity contribution >= 4 is 23.4 Å². The van der Waals surface area contributed by atoms with Gasteiger partial charge in [0.05, 0.1) is 19.3 Å². The van der Waals surface area contributed by atoms with Crippen molar-refractivity contribution in [2.45, 2.75) is 13.5 Å². The van der Waals surface area contributed by atoms with Gasteiger partial charge in [-0.15, -0.1) is 0 Å². The molecule has 0 bridgehead atoms. The van der Waals surface area contributed by atoms with E-state index in [1.165, 1.54) is 37.4 Å².